The van der Waals surface area contributed by atoms with E-state index in [0.717, 1.165) is 5.56 Å². The van der Waals surface area contributed by atoms with E-state index in [1.54, 1.807) is 12.1 Å². The van der Waals surface area contributed by atoms with Gasteiger partial charge in [0.05, 0.1) is 4.90 Å². The molecule has 0 N–H and O–H groups in total. The highest BCUT2D eigenvalue weighted by Crippen LogP contribution is 2.21. The number of nitrogens with zero attached hydrogens (tertiary/aromatic N) is 2. The minimum Gasteiger partial charge on any atom is -0.334 e. The summed E-state index contributed by atoms with van der Waals surface area (Å²) in [4.78, 5) is 4.25. The van der Waals surface area contributed by atoms with Gasteiger partial charge in [0.2, 0.25) is 0 Å². The third-order valence-electron chi connectivity index (χ3n) is 2.96. The highest BCUT2D eigenvalue weighted by atomic mass is 35.5. The van der Waals surface area contributed by atoms with Crippen molar-refractivity contribution >= 4 is 21.4 Å². The Bertz CT molecular complexity index is 892. The van der Waals surface area contributed by atoms with Gasteiger partial charge in [-0.15, -0.1) is 0 Å². The Hall–Kier alpha value is -2.18. The molecule has 2 aromatic carbocycles. The minimum atomic E-state index is -3.57. The molecule has 0 radical (unpaired) electrons. The van der Waals surface area contributed by atoms with Gasteiger partial charge in [0, 0.05) is 10.6 Å². The molecule has 7 heteroatoms. The average Bonchev–Trinajstić information content (AvgIpc) is 2.96. The van der Waals surface area contributed by atoms with Crippen LogP contribution in [0.4, 0.5) is 0 Å². The van der Waals surface area contributed by atoms with Gasteiger partial charge in [0.15, 0.2) is 15.7 Å². The fourth-order valence-electron chi connectivity index (χ4n) is 1.92. The second-order valence-electron chi connectivity index (χ2n) is 4.60. The van der Waals surface area contributed by atoms with Gasteiger partial charge in [-0.2, -0.15) is 4.98 Å². The minimum absolute atomic E-state index is 0.110. The van der Waals surface area contributed by atoms with Crippen LogP contribution in [0.15, 0.2) is 64.0 Å². The monoisotopic (exact) mass is 334 g/mol. The van der Waals surface area contributed by atoms with Crippen LogP contribution in [-0.2, 0) is 15.6 Å². The van der Waals surface area contributed by atoms with Crippen molar-refractivity contribution in [3.05, 3.63) is 65.4 Å². The van der Waals surface area contributed by atoms with Crippen molar-refractivity contribution in [3.63, 3.8) is 0 Å². The first-order chi connectivity index (χ1) is 10.5. The van der Waals surface area contributed by atoms with Crippen molar-refractivity contribution in [2.75, 3.05) is 0 Å². The van der Waals surface area contributed by atoms with Gasteiger partial charge in [-0.3, -0.25) is 0 Å². The summed E-state index contributed by atoms with van der Waals surface area (Å²) in [5.41, 5.74) is 0.737. The molecule has 5 nitrogen and oxygen atoms in total. The lowest BCUT2D eigenvalue weighted by Crippen LogP contribution is -2.06. The molecule has 0 saturated heterocycles. The Morgan fingerprint density at radius 1 is 1.05 bits per heavy atom. The Balaban J connectivity index is 1.86. The van der Waals surface area contributed by atoms with E-state index in [4.69, 9.17) is 16.1 Å². The van der Waals surface area contributed by atoms with Crippen molar-refractivity contribution in [1.29, 1.82) is 0 Å². The molecule has 0 aliphatic carbocycles. The molecule has 0 spiro atoms. The van der Waals surface area contributed by atoms with Gasteiger partial charge < -0.3 is 4.52 Å². The van der Waals surface area contributed by atoms with Crippen LogP contribution in [0.1, 0.15) is 5.82 Å². The van der Waals surface area contributed by atoms with Crippen LogP contribution in [-0.4, -0.2) is 18.6 Å². The molecule has 0 aliphatic heterocycles. The maximum Gasteiger partial charge on any atom is 0.257 e. The Labute approximate surface area is 132 Å². The van der Waals surface area contributed by atoms with Gasteiger partial charge >= 0.3 is 0 Å². The second-order valence-corrected chi connectivity index (χ2v) is 7.02. The van der Waals surface area contributed by atoms with Crippen molar-refractivity contribution < 1.29 is 12.9 Å². The second kappa shape index (κ2) is 5.90. The summed E-state index contributed by atoms with van der Waals surface area (Å²) < 4.78 is 29.7. The highest BCUT2D eigenvalue weighted by Gasteiger charge is 2.20. The van der Waals surface area contributed by atoms with Crippen LogP contribution in [0.5, 0.6) is 0 Å². The molecule has 0 saturated carbocycles. The SMILES string of the molecule is O=S(=O)(Cc1noc(-c2ccccc2)n1)c1cccc(Cl)c1. The van der Waals surface area contributed by atoms with Crippen LogP contribution in [0.25, 0.3) is 11.5 Å². The van der Waals surface area contributed by atoms with Crippen LogP contribution in [0, 0.1) is 0 Å². The molecule has 0 atom stereocenters. The molecule has 0 amide bonds. The Morgan fingerprint density at radius 3 is 2.55 bits per heavy atom. The molecule has 22 heavy (non-hydrogen) atoms. The van der Waals surface area contributed by atoms with Crippen LogP contribution < -0.4 is 0 Å². The number of sulfone groups is 1. The van der Waals surface area contributed by atoms with Crippen molar-refractivity contribution in [3.8, 4) is 11.5 Å². The zero-order valence-corrected chi connectivity index (χ0v) is 12.9. The van der Waals surface area contributed by atoms with Gasteiger partial charge in [0.25, 0.3) is 5.89 Å². The lowest BCUT2D eigenvalue weighted by molar-refractivity contribution is 0.424. The zero-order valence-electron chi connectivity index (χ0n) is 11.3. The van der Waals surface area contributed by atoms with E-state index in [9.17, 15) is 8.42 Å². The number of halogens is 1. The maximum atomic E-state index is 12.3. The summed E-state index contributed by atoms with van der Waals surface area (Å²) in [5.74, 6) is 0.0552. The molecule has 0 bridgehead atoms. The summed E-state index contributed by atoms with van der Waals surface area (Å²) in [6, 6.07) is 15.2. The standard InChI is InChI=1S/C15H11ClN2O3S/c16-12-7-4-8-13(9-12)22(19,20)10-14-17-15(21-18-14)11-5-2-1-3-6-11/h1-9H,10H2. The summed E-state index contributed by atoms with van der Waals surface area (Å²) in [7, 11) is -3.57. The zero-order chi connectivity index (χ0) is 15.6. The van der Waals surface area contributed by atoms with E-state index >= 15 is 0 Å². The topological polar surface area (TPSA) is 73.1 Å². The van der Waals surface area contributed by atoms with E-state index in [1.165, 1.54) is 12.1 Å². The van der Waals surface area contributed by atoms with E-state index < -0.39 is 9.84 Å². The molecule has 0 unspecified atom stereocenters. The first-order valence-corrected chi connectivity index (χ1v) is 8.44. The lowest BCUT2D eigenvalue weighted by atomic mass is 10.2. The average molecular weight is 335 g/mol. The number of hydrogen-bond acceptors (Lipinski definition) is 5. The first-order valence-electron chi connectivity index (χ1n) is 6.41. The smallest absolute Gasteiger partial charge is 0.257 e. The van der Waals surface area contributed by atoms with Crippen molar-refractivity contribution in [2.24, 2.45) is 0 Å². The molecule has 0 aliphatic rings. The van der Waals surface area contributed by atoms with Gasteiger partial charge in [0.1, 0.15) is 5.75 Å². The van der Waals surface area contributed by atoms with E-state index in [2.05, 4.69) is 10.1 Å². The van der Waals surface area contributed by atoms with Crippen molar-refractivity contribution in [2.45, 2.75) is 10.6 Å². The number of benzene rings is 2. The number of hydrogen-bond donors (Lipinski definition) is 0. The first kappa shape index (κ1) is 14.7. The van der Waals surface area contributed by atoms with E-state index in [0.29, 0.717) is 5.02 Å². The Kier molecular flexibility index (Phi) is 3.96. The molecule has 1 aromatic heterocycles. The summed E-state index contributed by atoms with van der Waals surface area (Å²) >= 11 is 5.82. The predicted octanol–water partition coefficient (Wildman–Crippen LogP) is 3.36. The molecule has 112 valence electrons. The fraction of sp³-hybridized carbons (Fsp3) is 0.0667. The maximum absolute atomic E-state index is 12.3. The quantitative estimate of drug-likeness (QED) is 0.731. The largest absolute Gasteiger partial charge is 0.334 e. The molecule has 3 rings (SSSR count). The third-order valence-corrected chi connectivity index (χ3v) is 4.81. The molecule has 3 aromatic rings. The number of rotatable bonds is 4. The highest BCUT2D eigenvalue weighted by molar-refractivity contribution is 7.90. The molecular weight excluding hydrogens is 324 g/mol. The number of aromatic nitrogens is 2. The van der Waals surface area contributed by atoms with Gasteiger partial charge in [-0.05, 0) is 30.3 Å². The summed E-state index contributed by atoms with van der Waals surface area (Å²) in [6.45, 7) is 0. The van der Waals surface area contributed by atoms with Crippen LogP contribution >= 0.6 is 11.6 Å². The summed E-state index contributed by atoms with van der Waals surface area (Å²) in [5, 5.41) is 4.09. The molecule has 0 fully saturated rings. The van der Waals surface area contributed by atoms with Gasteiger partial charge in [-0.1, -0.05) is 41.0 Å². The van der Waals surface area contributed by atoms with Crippen LogP contribution in [0.2, 0.25) is 5.02 Å². The molecule has 1 heterocycles. The van der Waals surface area contributed by atoms with Gasteiger partial charge in [-0.25, -0.2) is 8.42 Å². The fourth-order valence-corrected chi connectivity index (χ4v) is 3.40. The lowest BCUT2D eigenvalue weighted by Gasteiger charge is -2.01. The molecular formula is C15H11ClN2O3S. The third kappa shape index (κ3) is 3.18. The predicted molar refractivity (Wildman–Crippen MR) is 82.1 cm³/mol. The van der Waals surface area contributed by atoms with E-state index in [1.807, 2.05) is 30.3 Å². The van der Waals surface area contributed by atoms with Crippen molar-refractivity contribution in [1.82, 2.24) is 10.1 Å². The van der Waals surface area contributed by atoms with E-state index in [-0.39, 0.29) is 22.4 Å². The summed E-state index contributed by atoms with van der Waals surface area (Å²) in [6.07, 6.45) is 0. The normalized spacial score (nSPS) is 11.5. The van der Waals surface area contributed by atoms with Crippen LogP contribution in [0.3, 0.4) is 0 Å². The Morgan fingerprint density at radius 2 is 1.82 bits per heavy atom.